The molecule has 14 nitrogen and oxygen atoms in total. The second kappa shape index (κ2) is 17.2. The maximum atomic E-state index is 17.4. The Kier molecular flexibility index (Phi) is 12.7. The molecule has 0 unspecified atom stereocenters. The van der Waals surface area contributed by atoms with Crippen molar-refractivity contribution in [2.45, 2.75) is 110 Å². The van der Waals surface area contributed by atoms with Gasteiger partial charge in [0.1, 0.15) is 45.9 Å². The summed E-state index contributed by atoms with van der Waals surface area (Å²) in [5.41, 5.74) is -1.76. The second-order valence-corrected chi connectivity index (χ2v) is 17.2. The van der Waals surface area contributed by atoms with Gasteiger partial charge >= 0.3 is 18.0 Å². The zero-order valence-electron chi connectivity index (χ0n) is 34.4. The number of nitrogens with zero attached hydrogens (tertiary/aromatic N) is 5. The van der Waals surface area contributed by atoms with E-state index in [0.29, 0.717) is 41.4 Å². The summed E-state index contributed by atoms with van der Waals surface area (Å²) < 4.78 is 52.5. The number of benzene rings is 1. The van der Waals surface area contributed by atoms with Crippen LogP contribution in [0.5, 0.6) is 5.88 Å². The Balaban J connectivity index is 1.31. The van der Waals surface area contributed by atoms with Crippen molar-refractivity contribution in [3.63, 3.8) is 0 Å². The van der Waals surface area contributed by atoms with Crippen LogP contribution in [0.2, 0.25) is 5.02 Å². The fourth-order valence-corrected chi connectivity index (χ4v) is 7.43. The van der Waals surface area contributed by atoms with E-state index in [2.05, 4.69) is 4.98 Å². The van der Waals surface area contributed by atoms with E-state index in [9.17, 15) is 14.4 Å². The van der Waals surface area contributed by atoms with Gasteiger partial charge in [-0.05, 0) is 66.7 Å². The molecule has 1 aromatic carbocycles. The van der Waals surface area contributed by atoms with Crippen molar-refractivity contribution in [2.24, 2.45) is 5.92 Å². The third-order valence-corrected chi connectivity index (χ3v) is 10.1. The van der Waals surface area contributed by atoms with Crippen molar-refractivity contribution in [2.75, 3.05) is 44.4 Å². The minimum absolute atomic E-state index is 0.0383. The first-order valence-corrected chi connectivity index (χ1v) is 20.1. The van der Waals surface area contributed by atoms with Crippen molar-refractivity contribution >= 4 is 57.5 Å². The fourth-order valence-electron chi connectivity index (χ4n) is 7.27. The van der Waals surface area contributed by atoms with Crippen LogP contribution in [0.25, 0.3) is 22.1 Å². The number of carbonyl (C=O) groups excluding carboxylic acids is 3. The van der Waals surface area contributed by atoms with Gasteiger partial charge in [-0.25, -0.2) is 28.9 Å². The van der Waals surface area contributed by atoms with E-state index in [-0.39, 0.29) is 74.5 Å². The molecule has 0 spiro atoms. The first-order valence-electron chi connectivity index (χ1n) is 19.8. The molecule has 3 aromatic heterocycles. The summed E-state index contributed by atoms with van der Waals surface area (Å²) in [7, 11) is 0. The summed E-state index contributed by atoms with van der Waals surface area (Å²) in [5.74, 6) is -0.673. The zero-order chi connectivity index (χ0) is 42.0. The highest BCUT2D eigenvalue weighted by Gasteiger charge is 2.48. The smallest absolute Gasteiger partial charge is 0.410 e. The number of alkyl halides is 1. The lowest BCUT2D eigenvalue weighted by molar-refractivity contribution is -0.156. The summed E-state index contributed by atoms with van der Waals surface area (Å²) >= 11 is 6.43. The molecule has 5 heterocycles. The Morgan fingerprint density at radius 2 is 1.78 bits per heavy atom. The molecule has 0 radical (unpaired) electrons. The fraction of sp³-hybridized carbons (Fsp3) is 0.571. The molecule has 2 aliphatic rings. The highest BCUT2D eigenvalue weighted by atomic mass is 35.5. The van der Waals surface area contributed by atoms with E-state index in [1.807, 2.05) is 24.3 Å². The number of piperidine rings is 1. The first kappa shape index (κ1) is 42.8. The van der Waals surface area contributed by atoms with E-state index in [4.69, 9.17) is 49.7 Å². The number of anilines is 1. The Morgan fingerprint density at radius 3 is 2.48 bits per heavy atom. The minimum Gasteiger partial charge on any atom is -0.472 e. The molecule has 2 saturated heterocycles. The lowest BCUT2D eigenvalue weighted by Crippen LogP contribution is -2.50. The van der Waals surface area contributed by atoms with Gasteiger partial charge in [0.05, 0.1) is 43.4 Å². The van der Waals surface area contributed by atoms with Gasteiger partial charge in [0.2, 0.25) is 5.88 Å². The van der Waals surface area contributed by atoms with Crippen molar-refractivity contribution in [1.82, 2.24) is 19.9 Å². The van der Waals surface area contributed by atoms with Gasteiger partial charge in [0, 0.05) is 49.9 Å². The molecule has 4 aromatic rings. The Morgan fingerprint density at radius 1 is 1.03 bits per heavy atom. The van der Waals surface area contributed by atoms with Gasteiger partial charge in [-0.15, -0.1) is 0 Å². The number of esters is 2. The number of ether oxygens (including phenoxy) is 5. The monoisotopic (exact) mass is 825 g/mol. The third kappa shape index (κ3) is 9.91. The van der Waals surface area contributed by atoms with Gasteiger partial charge in [-0.2, -0.15) is 0 Å². The first-order chi connectivity index (χ1) is 27.3. The highest BCUT2D eigenvalue weighted by Crippen LogP contribution is 2.46. The molecule has 2 fully saturated rings. The normalized spacial score (nSPS) is 21.4. The summed E-state index contributed by atoms with van der Waals surface area (Å²) in [5, 5.41) is 0.994. The van der Waals surface area contributed by atoms with E-state index >= 15 is 4.39 Å². The molecular formula is C42H53ClFN5O9. The van der Waals surface area contributed by atoms with Crippen LogP contribution in [-0.4, -0.2) is 101 Å². The predicted octanol–water partition coefficient (Wildman–Crippen LogP) is 7.75. The van der Waals surface area contributed by atoms with Crippen LogP contribution in [0.3, 0.4) is 0 Å². The van der Waals surface area contributed by atoms with Gasteiger partial charge in [0.15, 0.2) is 11.4 Å². The van der Waals surface area contributed by atoms with Crippen LogP contribution < -0.4 is 9.64 Å². The van der Waals surface area contributed by atoms with Crippen LogP contribution in [0, 0.1) is 5.92 Å². The Bertz CT molecular complexity index is 2140. The highest BCUT2D eigenvalue weighted by molar-refractivity contribution is 6.30. The Hall–Kier alpha value is -4.76. The summed E-state index contributed by atoms with van der Waals surface area (Å²) in [6.45, 7) is 15.3. The average molecular weight is 826 g/mol. The van der Waals surface area contributed by atoms with Gasteiger partial charge < -0.3 is 37.9 Å². The van der Waals surface area contributed by atoms with Crippen LogP contribution in [0.1, 0.15) is 86.0 Å². The maximum absolute atomic E-state index is 17.4. The van der Waals surface area contributed by atoms with Crippen molar-refractivity contribution in [3.8, 4) is 5.88 Å². The topological polar surface area (TPSA) is 156 Å². The number of fused-ring (bicyclic) bond motifs is 3. The number of furan rings is 1. The van der Waals surface area contributed by atoms with E-state index in [1.54, 1.807) is 60.3 Å². The largest absolute Gasteiger partial charge is 0.472 e. The second-order valence-electron chi connectivity index (χ2n) is 16.8. The van der Waals surface area contributed by atoms with Crippen molar-refractivity contribution < 1.29 is 46.9 Å². The third-order valence-electron chi connectivity index (χ3n) is 9.90. The number of halogens is 2. The molecular weight excluding hydrogens is 773 g/mol. The van der Waals surface area contributed by atoms with Crippen molar-refractivity contribution in [3.05, 3.63) is 52.9 Å². The van der Waals surface area contributed by atoms with Crippen LogP contribution in [0.4, 0.5) is 15.0 Å². The number of pyridine rings is 1. The number of hydrogen-bond acceptors (Lipinski definition) is 13. The quantitative estimate of drug-likeness (QED) is 0.0777. The number of rotatable bonds is 12. The molecule has 1 amide bonds. The van der Waals surface area contributed by atoms with Crippen LogP contribution in [-0.2, 0) is 40.6 Å². The minimum atomic E-state index is -1.95. The molecule has 6 rings (SSSR count). The lowest BCUT2D eigenvalue weighted by atomic mass is 9.79. The molecule has 0 N–H and O–H groups in total. The predicted molar refractivity (Wildman–Crippen MR) is 215 cm³/mol. The van der Waals surface area contributed by atoms with Gasteiger partial charge in [-0.1, -0.05) is 30.7 Å². The maximum Gasteiger partial charge on any atom is 0.410 e. The number of likely N-dealkylation sites (tertiary alicyclic amines) is 1. The zero-order valence-corrected chi connectivity index (χ0v) is 35.2. The SMILES string of the molecule is CCOC(=O)CCOCCc1nc(N2C[C@@H](Oc3ncc(Cl)cc3[C@@]3(F)CCN(C(=O)OC(C)(C)C)C[C@@H]3C)C[C@H]2C(=O)OC(C)(C)C)c2oc3ccccc3c2n1. The average Bonchev–Trinajstić information content (AvgIpc) is 3.73. The molecule has 0 bridgehead atoms. The molecule has 58 heavy (non-hydrogen) atoms. The molecule has 4 atom stereocenters. The molecule has 314 valence electrons. The number of para-hydroxylation sites is 1. The number of amides is 1. The van der Waals surface area contributed by atoms with Gasteiger partial charge in [0.25, 0.3) is 0 Å². The lowest BCUT2D eigenvalue weighted by Gasteiger charge is -2.42. The number of aromatic nitrogens is 3. The van der Waals surface area contributed by atoms with Crippen LogP contribution in [0.15, 0.2) is 40.9 Å². The summed E-state index contributed by atoms with van der Waals surface area (Å²) in [6, 6.07) is 8.12. The molecule has 16 heteroatoms. The number of hydrogen-bond donors (Lipinski definition) is 0. The van der Waals surface area contributed by atoms with Gasteiger partial charge in [-0.3, -0.25) is 4.79 Å². The van der Waals surface area contributed by atoms with E-state index in [0.717, 1.165) is 5.39 Å². The number of carbonyl (C=O) groups is 3. The summed E-state index contributed by atoms with van der Waals surface area (Å²) in [6.07, 6.45) is 0.739. The molecule has 2 aliphatic heterocycles. The standard InChI is InChI=1S/C42H53ClFN5O9/c1-9-54-33(50)15-19-53-18-14-32-46-34-28-12-10-11-13-31(28)56-35(34)36(47-32)49-24-27(21-30(49)38(51)57-40(3,4)5)55-37-29(20-26(43)22-45-37)42(44)16-17-48(23-25(42)2)39(52)58-41(6,7)8/h10-13,20,22,25,27,30H,9,14-19,21,23-24H2,1-8H3/t25-,27-,30-,42+/m0/s1. The molecule has 0 aliphatic carbocycles. The van der Waals surface area contributed by atoms with E-state index in [1.165, 1.54) is 17.2 Å². The van der Waals surface area contributed by atoms with Crippen molar-refractivity contribution in [1.29, 1.82) is 0 Å². The Labute approximate surface area is 342 Å². The summed E-state index contributed by atoms with van der Waals surface area (Å²) in [4.78, 5) is 56.3. The van der Waals surface area contributed by atoms with Crippen LogP contribution >= 0.6 is 11.6 Å². The van der Waals surface area contributed by atoms with E-state index < -0.39 is 47.0 Å². The molecule has 0 saturated carbocycles.